The molecule has 3 fully saturated rings. The number of hydrogen-bond acceptors (Lipinski definition) is 4. The molecule has 0 aliphatic carbocycles. The molecule has 24 heavy (non-hydrogen) atoms. The zero-order chi connectivity index (χ0) is 16.6. The maximum Gasteiger partial charge on any atom is 0.266 e. The van der Waals surface area contributed by atoms with Crippen LogP contribution in [0.5, 0.6) is 0 Å². The Balaban J connectivity index is 1.33. The van der Waals surface area contributed by atoms with E-state index in [2.05, 4.69) is 20.0 Å². The van der Waals surface area contributed by atoms with E-state index in [9.17, 15) is 8.78 Å². The first-order valence-corrected chi connectivity index (χ1v) is 9.28. The van der Waals surface area contributed by atoms with Crippen LogP contribution in [0.25, 0.3) is 0 Å². The van der Waals surface area contributed by atoms with Crippen molar-refractivity contribution < 1.29 is 8.78 Å². The summed E-state index contributed by atoms with van der Waals surface area (Å²) in [6.07, 6.45) is 6.33. The fourth-order valence-electron chi connectivity index (χ4n) is 4.31. The molecule has 3 saturated heterocycles. The summed E-state index contributed by atoms with van der Waals surface area (Å²) < 4.78 is 26.7. The highest BCUT2D eigenvalue weighted by atomic mass is 19.3. The average Bonchev–Trinajstić information content (AvgIpc) is 3.22. The molecule has 3 aliphatic rings. The number of aromatic amines is 1. The third-order valence-corrected chi connectivity index (χ3v) is 5.76. The van der Waals surface area contributed by atoms with Gasteiger partial charge in [0.15, 0.2) is 5.82 Å². The SMILES string of the molecule is FC1(F)CCN(c2cc(N3CCC(N4CCCCC4)CC3)[nH]n2)C1. The molecule has 0 amide bonds. The lowest BCUT2D eigenvalue weighted by Gasteiger charge is -2.40. The molecular weight excluding hydrogens is 312 g/mol. The van der Waals surface area contributed by atoms with Crippen molar-refractivity contribution >= 4 is 11.6 Å². The second-order valence-electron chi connectivity index (χ2n) is 7.45. The van der Waals surface area contributed by atoms with Gasteiger partial charge in [-0.15, -0.1) is 0 Å². The molecule has 7 heteroatoms. The Bertz CT molecular complexity index is 547. The molecule has 3 aliphatic heterocycles. The summed E-state index contributed by atoms with van der Waals surface area (Å²) in [5.41, 5.74) is 0. The van der Waals surface area contributed by atoms with Crippen molar-refractivity contribution in [3.05, 3.63) is 6.07 Å². The average molecular weight is 339 g/mol. The molecule has 5 nitrogen and oxygen atoms in total. The third-order valence-electron chi connectivity index (χ3n) is 5.76. The second-order valence-corrected chi connectivity index (χ2v) is 7.45. The second kappa shape index (κ2) is 6.50. The molecule has 0 saturated carbocycles. The molecule has 4 rings (SSSR count). The minimum Gasteiger partial charge on any atom is -0.357 e. The van der Waals surface area contributed by atoms with Crippen LogP contribution >= 0.6 is 0 Å². The van der Waals surface area contributed by atoms with E-state index in [1.165, 1.54) is 45.2 Å². The molecule has 0 radical (unpaired) electrons. The summed E-state index contributed by atoms with van der Waals surface area (Å²) in [7, 11) is 0. The van der Waals surface area contributed by atoms with Crippen molar-refractivity contribution in [1.82, 2.24) is 15.1 Å². The maximum atomic E-state index is 13.4. The molecule has 0 bridgehead atoms. The molecule has 134 valence electrons. The molecule has 1 aromatic rings. The third kappa shape index (κ3) is 3.36. The van der Waals surface area contributed by atoms with Crippen LogP contribution in [-0.2, 0) is 0 Å². The summed E-state index contributed by atoms with van der Waals surface area (Å²) in [5, 5.41) is 7.31. The van der Waals surface area contributed by atoms with Gasteiger partial charge < -0.3 is 14.7 Å². The molecule has 1 aromatic heterocycles. The van der Waals surface area contributed by atoms with Gasteiger partial charge in [-0.2, -0.15) is 5.10 Å². The zero-order valence-corrected chi connectivity index (χ0v) is 14.2. The number of alkyl halides is 2. The van der Waals surface area contributed by atoms with Gasteiger partial charge in [0.2, 0.25) is 0 Å². The lowest BCUT2D eigenvalue weighted by Crippen LogP contribution is -2.46. The minimum atomic E-state index is -2.58. The van der Waals surface area contributed by atoms with Crippen LogP contribution in [0.15, 0.2) is 6.07 Å². The highest BCUT2D eigenvalue weighted by Crippen LogP contribution is 2.32. The summed E-state index contributed by atoms with van der Waals surface area (Å²) in [5.74, 6) is -0.955. The van der Waals surface area contributed by atoms with Crippen LogP contribution in [-0.4, -0.2) is 66.3 Å². The monoisotopic (exact) mass is 339 g/mol. The first kappa shape index (κ1) is 16.1. The van der Waals surface area contributed by atoms with Crippen molar-refractivity contribution in [2.75, 3.05) is 49.1 Å². The zero-order valence-electron chi connectivity index (χ0n) is 14.2. The van der Waals surface area contributed by atoms with Crippen LogP contribution in [0.1, 0.15) is 38.5 Å². The standard InChI is InChI=1S/C17H27F2N5/c18-17(19)6-11-24(13-17)16-12-15(20-21-16)23-9-4-14(5-10-23)22-7-2-1-3-8-22/h12,14H,1-11,13H2,(H,20,21). The summed E-state index contributed by atoms with van der Waals surface area (Å²) in [4.78, 5) is 6.65. The fourth-order valence-corrected chi connectivity index (χ4v) is 4.31. The van der Waals surface area contributed by atoms with E-state index in [0.717, 1.165) is 18.9 Å². The molecule has 4 heterocycles. The van der Waals surface area contributed by atoms with Gasteiger partial charge in [-0.3, -0.25) is 5.10 Å². The van der Waals surface area contributed by atoms with E-state index >= 15 is 0 Å². The van der Waals surface area contributed by atoms with Crippen molar-refractivity contribution in [3.63, 3.8) is 0 Å². The van der Waals surface area contributed by atoms with Gasteiger partial charge in [-0.25, -0.2) is 8.78 Å². The first-order chi connectivity index (χ1) is 11.6. The van der Waals surface area contributed by atoms with Crippen LogP contribution in [0.3, 0.4) is 0 Å². The van der Waals surface area contributed by atoms with E-state index in [1.807, 2.05) is 6.07 Å². The van der Waals surface area contributed by atoms with Crippen LogP contribution in [0.2, 0.25) is 0 Å². The Kier molecular flexibility index (Phi) is 4.37. The van der Waals surface area contributed by atoms with E-state index in [0.29, 0.717) is 18.4 Å². The van der Waals surface area contributed by atoms with Gasteiger partial charge in [-0.1, -0.05) is 6.42 Å². The van der Waals surface area contributed by atoms with Gasteiger partial charge in [0.25, 0.3) is 5.92 Å². The van der Waals surface area contributed by atoms with Crippen molar-refractivity contribution in [1.29, 1.82) is 0 Å². The smallest absolute Gasteiger partial charge is 0.266 e. The lowest BCUT2D eigenvalue weighted by atomic mass is 10.00. The summed E-state index contributed by atoms with van der Waals surface area (Å²) >= 11 is 0. The highest BCUT2D eigenvalue weighted by Gasteiger charge is 2.39. The van der Waals surface area contributed by atoms with Gasteiger partial charge in [0, 0.05) is 38.2 Å². The highest BCUT2D eigenvalue weighted by molar-refractivity contribution is 5.52. The Morgan fingerprint density at radius 2 is 1.75 bits per heavy atom. The fraction of sp³-hybridized carbons (Fsp3) is 0.824. The number of hydrogen-bond donors (Lipinski definition) is 1. The number of piperidine rings is 2. The van der Waals surface area contributed by atoms with E-state index in [4.69, 9.17) is 0 Å². The van der Waals surface area contributed by atoms with Crippen LogP contribution in [0, 0.1) is 0 Å². The Hall–Kier alpha value is -1.37. The van der Waals surface area contributed by atoms with Crippen LogP contribution in [0.4, 0.5) is 20.4 Å². The molecule has 0 unspecified atom stereocenters. The summed E-state index contributed by atoms with van der Waals surface area (Å²) in [6, 6.07) is 2.64. The van der Waals surface area contributed by atoms with E-state index < -0.39 is 5.92 Å². The normalized spacial score (nSPS) is 26.2. The quantitative estimate of drug-likeness (QED) is 0.919. The molecular formula is C17H27F2N5. The molecule has 1 N–H and O–H groups in total. The van der Waals surface area contributed by atoms with Crippen molar-refractivity contribution in [2.45, 2.75) is 50.5 Å². The Morgan fingerprint density at radius 3 is 2.42 bits per heavy atom. The van der Waals surface area contributed by atoms with Crippen molar-refractivity contribution in [3.8, 4) is 0 Å². The number of rotatable bonds is 3. The minimum absolute atomic E-state index is 0.0730. The number of nitrogens with zero attached hydrogens (tertiary/aromatic N) is 4. The number of aromatic nitrogens is 2. The molecule has 0 atom stereocenters. The summed E-state index contributed by atoms with van der Waals surface area (Å²) in [6.45, 7) is 4.70. The topological polar surface area (TPSA) is 38.4 Å². The number of nitrogens with one attached hydrogen (secondary N) is 1. The first-order valence-electron chi connectivity index (χ1n) is 9.28. The van der Waals surface area contributed by atoms with Crippen LogP contribution < -0.4 is 9.80 Å². The van der Waals surface area contributed by atoms with E-state index in [-0.39, 0.29) is 13.0 Å². The van der Waals surface area contributed by atoms with Gasteiger partial charge in [-0.05, 0) is 38.8 Å². The lowest BCUT2D eigenvalue weighted by molar-refractivity contribution is 0.0256. The van der Waals surface area contributed by atoms with Crippen molar-refractivity contribution in [2.24, 2.45) is 0 Å². The van der Waals surface area contributed by atoms with E-state index in [1.54, 1.807) is 4.90 Å². The number of anilines is 2. The van der Waals surface area contributed by atoms with Gasteiger partial charge >= 0.3 is 0 Å². The number of halogens is 2. The van der Waals surface area contributed by atoms with Gasteiger partial charge in [0.05, 0.1) is 6.54 Å². The number of likely N-dealkylation sites (tertiary alicyclic amines) is 1. The molecule has 0 aromatic carbocycles. The number of H-pyrrole nitrogens is 1. The van der Waals surface area contributed by atoms with Gasteiger partial charge in [0.1, 0.15) is 5.82 Å². The largest absolute Gasteiger partial charge is 0.357 e. The Morgan fingerprint density at radius 1 is 1.00 bits per heavy atom. The predicted octanol–water partition coefficient (Wildman–Crippen LogP) is 2.71. The Labute approximate surface area is 142 Å². The predicted molar refractivity (Wildman–Crippen MR) is 91.0 cm³/mol. The maximum absolute atomic E-state index is 13.4. The molecule has 0 spiro atoms.